The van der Waals surface area contributed by atoms with Crippen molar-refractivity contribution in [1.29, 1.82) is 0 Å². The van der Waals surface area contributed by atoms with Gasteiger partial charge in [0.1, 0.15) is 6.04 Å². The summed E-state index contributed by atoms with van der Waals surface area (Å²) in [6.45, 7) is 6.76. The molecule has 1 amide bonds. The highest BCUT2D eigenvalue weighted by Gasteiger charge is 2.66. The van der Waals surface area contributed by atoms with E-state index in [0.717, 1.165) is 11.3 Å². The molecular formula is C24H33F6N5O3. The number of hydrogen-bond donors (Lipinski definition) is 2. The number of nitrogens with zero attached hydrogens (tertiary/aromatic N) is 4. The molecule has 4 atom stereocenters. The van der Waals surface area contributed by atoms with Crippen LogP contribution in [0.5, 0.6) is 0 Å². The fourth-order valence-electron chi connectivity index (χ4n) is 6.33. The SMILES string of the molecule is CC(=O)N1CCC(c2nn(C(C)C)cc2CN2CC3C(C(=O)O)NC(C(C(F)(F)F)C(F)(F)F)C3C2)CC1. The predicted octanol–water partition coefficient (Wildman–Crippen LogP) is 3.40. The van der Waals surface area contributed by atoms with E-state index in [1.165, 1.54) is 6.92 Å². The van der Waals surface area contributed by atoms with Gasteiger partial charge in [0.15, 0.2) is 5.92 Å². The van der Waals surface area contributed by atoms with Crippen LogP contribution < -0.4 is 5.32 Å². The van der Waals surface area contributed by atoms with E-state index in [1.807, 2.05) is 20.0 Å². The van der Waals surface area contributed by atoms with Gasteiger partial charge in [0.05, 0.1) is 5.69 Å². The van der Waals surface area contributed by atoms with Gasteiger partial charge in [-0.25, -0.2) is 0 Å². The number of fused-ring (bicyclic) bond motifs is 1. The summed E-state index contributed by atoms with van der Waals surface area (Å²) < 4.78 is 83.1. The molecule has 3 fully saturated rings. The number of carbonyl (C=O) groups is 2. The zero-order valence-corrected chi connectivity index (χ0v) is 21.4. The van der Waals surface area contributed by atoms with Crippen LogP contribution in [0.1, 0.15) is 56.8 Å². The second-order valence-electron chi connectivity index (χ2n) is 11.0. The monoisotopic (exact) mass is 553 g/mol. The lowest BCUT2D eigenvalue weighted by atomic mass is 9.84. The highest BCUT2D eigenvalue weighted by molar-refractivity contribution is 5.75. The zero-order chi connectivity index (χ0) is 28.2. The largest absolute Gasteiger partial charge is 0.480 e. The number of hydrogen-bond acceptors (Lipinski definition) is 5. The van der Waals surface area contributed by atoms with Gasteiger partial charge in [-0.15, -0.1) is 0 Å². The number of carbonyl (C=O) groups excluding carboxylic acids is 1. The number of aromatic nitrogens is 2. The molecule has 14 heteroatoms. The number of nitrogens with one attached hydrogen (secondary N) is 1. The van der Waals surface area contributed by atoms with Crippen molar-refractivity contribution in [3.05, 3.63) is 17.5 Å². The van der Waals surface area contributed by atoms with Crippen molar-refractivity contribution in [3.63, 3.8) is 0 Å². The summed E-state index contributed by atoms with van der Waals surface area (Å²) in [6.07, 6.45) is -7.90. The molecule has 3 aliphatic heterocycles. The molecule has 3 aliphatic rings. The number of piperidine rings is 1. The molecule has 0 radical (unpaired) electrons. The lowest BCUT2D eigenvalue weighted by molar-refractivity contribution is -0.293. The first-order chi connectivity index (χ1) is 17.6. The molecule has 2 N–H and O–H groups in total. The van der Waals surface area contributed by atoms with Gasteiger partial charge < -0.3 is 15.3 Å². The summed E-state index contributed by atoms with van der Waals surface area (Å²) >= 11 is 0. The molecule has 0 spiro atoms. The lowest BCUT2D eigenvalue weighted by Crippen LogP contribution is -2.53. The van der Waals surface area contributed by atoms with Gasteiger partial charge in [0.25, 0.3) is 0 Å². The molecular weight excluding hydrogens is 520 g/mol. The third-order valence-corrected chi connectivity index (χ3v) is 8.17. The Morgan fingerprint density at radius 3 is 2.16 bits per heavy atom. The molecule has 38 heavy (non-hydrogen) atoms. The summed E-state index contributed by atoms with van der Waals surface area (Å²) in [6, 6.07) is -3.56. The Morgan fingerprint density at radius 1 is 1.08 bits per heavy atom. The summed E-state index contributed by atoms with van der Waals surface area (Å²) in [7, 11) is 0. The highest BCUT2D eigenvalue weighted by Crippen LogP contribution is 2.49. The number of aliphatic carboxylic acids is 1. The van der Waals surface area contributed by atoms with Crippen LogP contribution in [0.25, 0.3) is 0 Å². The standard InChI is InChI=1S/C24H33F6N5O3/c1-12(2)35-9-15(18(32-35)14-4-6-34(7-5-14)13(3)36)8-33-10-16-17(11-33)20(22(37)38)31-19(16)21(23(25,26)27)24(28,29)30/h9,12,14,16-17,19-21,31H,4-8,10-11H2,1-3H3,(H,37,38). The van der Waals surface area contributed by atoms with E-state index in [4.69, 9.17) is 5.10 Å². The first-order valence-corrected chi connectivity index (χ1v) is 12.8. The van der Waals surface area contributed by atoms with E-state index < -0.39 is 48.2 Å². The minimum absolute atomic E-state index is 0.00726. The molecule has 4 rings (SSSR count). The second kappa shape index (κ2) is 10.3. The Morgan fingerprint density at radius 2 is 1.66 bits per heavy atom. The van der Waals surface area contributed by atoms with Crippen molar-refractivity contribution < 1.29 is 41.0 Å². The molecule has 4 heterocycles. The van der Waals surface area contributed by atoms with Crippen LogP contribution >= 0.6 is 0 Å². The number of alkyl halides is 6. The van der Waals surface area contributed by atoms with Crippen molar-refractivity contribution in [2.45, 2.75) is 76.6 Å². The highest BCUT2D eigenvalue weighted by atomic mass is 19.4. The topological polar surface area (TPSA) is 90.7 Å². The quantitative estimate of drug-likeness (QED) is 0.525. The normalized spacial score (nSPS) is 27.5. The third kappa shape index (κ3) is 5.65. The van der Waals surface area contributed by atoms with Gasteiger partial charge in [-0.05, 0) is 32.6 Å². The smallest absolute Gasteiger partial charge is 0.402 e. The number of carboxylic acids is 1. The van der Waals surface area contributed by atoms with Crippen LogP contribution in [-0.4, -0.2) is 87.2 Å². The fourth-order valence-corrected chi connectivity index (χ4v) is 6.33. The Balaban J connectivity index is 1.57. The first kappa shape index (κ1) is 28.7. The summed E-state index contributed by atoms with van der Waals surface area (Å²) in [4.78, 5) is 27.0. The molecule has 8 nitrogen and oxygen atoms in total. The maximum absolute atomic E-state index is 13.6. The predicted molar refractivity (Wildman–Crippen MR) is 123 cm³/mol. The molecule has 1 aromatic rings. The lowest BCUT2D eigenvalue weighted by Gasteiger charge is -2.32. The summed E-state index contributed by atoms with van der Waals surface area (Å²) in [5, 5.41) is 16.5. The average Bonchev–Trinajstić information content (AvgIpc) is 3.47. The Labute approximate surface area is 216 Å². The fraction of sp³-hybridized carbons (Fsp3) is 0.792. The number of likely N-dealkylation sites (tertiary alicyclic amines) is 2. The van der Waals surface area contributed by atoms with E-state index in [9.17, 15) is 41.0 Å². The Hall–Kier alpha value is -2.35. The molecule has 0 aliphatic carbocycles. The summed E-state index contributed by atoms with van der Waals surface area (Å²) in [5.41, 5.74) is 1.63. The molecule has 3 saturated heterocycles. The minimum Gasteiger partial charge on any atom is -0.480 e. The van der Waals surface area contributed by atoms with Crippen molar-refractivity contribution in [2.24, 2.45) is 17.8 Å². The zero-order valence-electron chi connectivity index (χ0n) is 21.4. The molecule has 0 saturated carbocycles. The average molecular weight is 554 g/mol. The van der Waals surface area contributed by atoms with Gasteiger partial charge in [0.2, 0.25) is 5.91 Å². The van der Waals surface area contributed by atoms with Crippen LogP contribution in [-0.2, 0) is 16.1 Å². The number of carboxylic acid groups (broad SMARTS) is 1. The van der Waals surface area contributed by atoms with Crippen LogP contribution in [0.3, 0.4) is 0 Å². The van der Waals surface area contributed by atoms with E-state index in [-0.39, 0.29) is 37.5 Å². The van der Waals surface area contributed by atoms with Crippen molar-refractivity contribution in [3.8, 4) is 0 Å². The summed E-state index contributed by atoms with van der Waals surface area (Å²) in [5.74, 6) is -7.09. The minimum atomic E-state index is -5.57. The molecule has 0 aromatic carbocycles. The van der Waals surface area contributed by atoms with Crippen molar-refractivity contribution >= 4 is 11.9 Å². The van der Waals surface area contributed by atoms with E-state index in [0.29, 0.717) is 25.9 Å². The van der Waals surface area contributed by atoms with Crippen LogP contribution in [0.15, 0.2) is 6.20 Å². The molecule has 0 bridgehead atoms. The van der Waals surface area contributed by atoms with Gasteiger partial charge in [-0.3, -0.25) is 19.2 Å². The number of amides is 1. The molecule has 1 aromatic heterocycles. The van der Waals surface area contributed by atoms with E-state index in [1.54, 1.807) is 14.5 Å². The number of rotatable bonds is 6. The van der Waals surface area contributed by atoms with Crippen molar-refractivity contribution in [1.82, 2.24) is 24.9 Å². The van der Waals surface area contributed by atoms with Gasteiger partial charge in [-0.1, -0.05) is 0 Å². The Kier molecular flexibility index (Phi) is 7.78. The second-order valence-corrected chi connectivity index (χ2v) is 11.0. The van der Waals surface area contributed by atoms with Gasteiger partial charge in [0, 0.05) is 75.3 Å². The molecule has 4 unspecified atom stereocenters. The third-order valence-electron chi connectivity index (χ3n) is 8.17. The maximum atomic E-state index is 13.6. The number of halogens is 6. The molecule has 214 valence electrons. The van der Waals surface area contributed by atoms with E-state index in [2.05, 4.69) is 5.32 Å². The van der Waals surface area contributed by atoms with Gasteiger partial charge >= 0.3 is 18.3 Å². The van der Waals surface area contributed by atoms with Gasteiger partial charge in [-0.2, -0.15) is 31.4 Å². The van der Waals surface area contributed by atoms with Crippen LogP contribution in [0.2, 0.25) is 0 Å². The maximum Gasteiger partial charge on any atom is 0.402 e. The first-order valence-electron chi connectivity index (χ1n) is 12.8. The van der Waals surface area contributed by atoms with Crippen molar-refractivity contribution in [2.75, 3.05) is 26.2 Å². The Bertz CT molecular complexity index is 1020. The van der Waals surface area contributed by atoms with Crippen LogP contribution in [0, 0.1) is 17.8 Å². The van der Waals surface area contributed by atoms with E-state index >= 15 is 0 Å². The van der Waals surface area contributed by atoms with Crippen LogP contribution in [0.4, 0.5) is 26.3 Å².